The molecule has 2 aromatic heterocycles. The Kier molecular flexibility index (Phi) is 3.54. The summed E-state index contributed by atoms with van der Waals surface area (Å²) in [6.45, 7) is 0.105. The monoisotopic (exact) mass is 285 g/mol. The van der Waals surface area contributed by atoms with Gasteiger partial charge in [-0.3, -0.25) is 9.59 Å². The van der Waals surface area contributed by atoms with E-state index in [9.17, 15) is 9.59 Å². The first-order chi connectivity index (χ1) is 8.49. The normalized spacial score (nSPS) is 10.6. The van der Waals surface area contributed by atoms with Crippen molar-refractivity contribution in [2.24, 2.45) is 7.05 Å². The molecule has 5 nitrogen and oxygen atoms in total. The van der Waals surface area contributed by atoms with Crippen LogP contribution >= 0.6 is 23.2 Å². The van der Waals surface area contributed by atoms with Crippen LogP contribution in [-0.4, -0.2) is 14.1 Å². The average Bonchev–Trinajstić information content (AvgIpc) is 2.34. The average molecular weight is 286 g/mol. The van der Waals surface area contributed by atoms with Gasteiger partial charge in [-0.05, 0) is 12.1 Å². The standard InChI is InChI=1S/C11H9Cl2N3O2/c1-15-4-5-16(11(18)10(15)17)6-8-7(12)2-3-9(13)14-8/h2-5H,6H2,1H3. The van der Waals surface area contributed by atoms with E-state index in [1.165, 1.54) is 28.6 Å². The summed E-state index contributed by atoms with van der Waals surface area (Å²) >= 11 is 11.7. The highest BCUT2D eigenvalue weighted by molar-refractivity contribution is 6.32. The first-order valence-electron chi connectivity index (χ1n) is 5.06. The van der Waals surface area contributed by atoms with Gasteiger partial charge in [0.25, 0.3) is 0 Å². The van der Waals surface area contributed by atoms with Gasteiger partial charge in [-0.25, -0.2) is 4.98 Å². The predicted molar refractivity (Wildman–Crippen MR) is 69.3 cm³/mol. The van der Waals surface area contributed by atoms with E-state index >= 15 is 0 Å². The number of hydrogen-bond donors (Lipinski definition) is 0. The molecule has 0 saturated heterocycles. The Bertz CT molecular complexity index is 706. The van der Waals surface area contributed by atoms with Gasteiger partial charge in [-0.2, -0.15) is 0 Å². The Morgan fingerprint density at radius 1 is 1.17 bits per heavy atom. The molecule has 0 unspecified atom stereocenters. The van der Waals surface area contributed by atoms with Gasteiger partial charge in [0.15, 0.2) is 0 Å². The van der Waals surface area contributed by atoms with Crippen LogP contribution in [0.1, 0.15) is 5.69 Å². The second-order valence-corrected chi connectivity index (χ2v) is 4.50. The second-order valence-electron chi connectivity index (χ2n) is 3.71. The third kappa shape index (κ3) is 2.47. The lowest BCUT2D eigenvalue weighted by Crippen LogP contribution is -2.39. The molecule has 0 aliphatic rings. The summed E-state index contributed by atoms with van der Waals surface area (Å²) in [5.74, 6) is 0. The molecule has 0 aromatic carbocycles. The topological polar surface area (TPSA) is 56.9 Å². The molecule has 0 atom stereocenters. The fourth-order valence-electron chi connectivity index (χ4n) is 1.44. The molecule has 18 heavy (non-hydrogen) atoms. The second kappa shape index (κ2) is 4.96. The van der Waals surface area contributed by atoms with Gasteiger partial charge in [0.05, 0.1) is 17.3 Å². The zero-order chi connectivity index (χ0) is 13.3. The summed E-state index contributed by atoms with van der Waals surface area (Å²) in [6, 6.07) is 3.15. The summed E-state index contributed by atoms with van der Waals surface area (Å²) in [7, 11) is 1.51. The Hall–Kier alpha value is -1.59. The van der Waals surface area contributed by atoms with Crippen molar-refractivity contribution in [3.63, 3.8) is 0 Å². The van der Waals surface area contributed by atoms with Crippen molar-refractivity contribution in [3.8, 4) is 0 Å². The van der Waals surface area contributed by atoms with Crippen LogP contribution in [0.2, 0.25) is 10.2 Å². The fraction of sp³-hybridized carbons (Fsp3) is 0.182. The molecule has 0 saturated carbocycles. The van der Waals surface area contributed by atoms with Crippen LogP contribution in [0.4, 0.5) is 0 Å². The molecule has 0 aliphatic heterocycles. The highest BCUT2D eigenvalue weighted by Gasteiger charge is 2.07. The summed E-state index contributed by atoms with van der Waals surface area (Å²) < 4.78 is 2.46. The molecule has 0 bridgehead atoms. The minimum atomic E-state index is -0.627. The maximum atomic E-state index is 11.7. The van der Waals surface area contributed by atoms with Gasteiger partial charge in [0.2, 0.25) is 0 Å². The van der Waals surface area contributed by atoms with Gasteiger partial charge in [0, 0.05) is 19.4 Å². The molecule has 0 radical (unpaired) electrons. The summed E-state index contributed by atoms with van der Waals surface area (Å²) in [4.78, 5) is 27.2. The van der Waals surface area contributed by atoms with Crippen LogP contribution in [0.5, 0.6) is 0 Å². The van der Waals surface area contributed by atoms with Gasteiger partial charge in [-0.1, -0.05) is 23.2 Å². The van der Waals surface area contributed by atoms with Gasteiger partial charge in [-0.15, -0.1) is 0 Å². The van der Waals surface area contributed by atoms with E-state index in [0.29, 0.717) is 10.7 Å². The largest absolute Gasteiger partial charge is 0.316 e. The first kappa shape index (κ1) is 12.9. The van der Waals surface area contributed by atoms with E-state index in [1.807, 2.05) is 0 Å². The smallest absolute Gasteiger partial charge is 0.312 e. The number of nitrogens with zero attached hydrogens (tertiary/aromatic N) is 3. The lowest BCUT2D eigenvalue weighted by Gasteiger charge is -2.07. The molecule has 0 aliphatic carbocycles. The van der Waals surface area contributed by atoms with Crippen LogP contribution in [0.15, 0.2) is 34.1 Å². The zero-order valence-corrected chi connectivity index (χ0v) is 10.9. The molecular formula is C11H9Cl2N3O2. The molecule has 7 heteroatoms. The number of aromatic nitrogens is 3. The third-order valence-corrected chi connectivity index (χ3v) is 2.99. The maximum Gasteiger partial charge on any atom is 0.316 e. The molecule has 94 valence electrons. The van der Waals surface area contributed by atoms with Crippen LogP contribution in [-0.2, 0) is 13.6 Å². The SMILES string of the molecule is Cn1ccn(Cc2nc(Cl)ccc2Cl)c(=O)c1=O. The van der Waals surface area contributed by atoms with Crippen LogP contribution in [0, 0.1) is 0 Å². The molecule has 2 aromatic rings. The number of hydrogen-bond acceptors (Lipinski definition) is 3. The Morgan fingerprint density at radius 2 is 1.89 bits per heavy atom. The van der Waals surface area contributed by atoms with Crippen LogP contribution in [0.3, 0.4) is 0 Å². The van der Waals surface area contributed by atoms with Crippen LogP contribution in [0.25, 0.3) is 0 Å². The summed E-state index contributed by atoms with van der Waals surface area (Å²) in [5.41, 5.74) is -0.784. The molecular weight excluding hydrogens is 277 g/mol. The van der Waals surface area contributed by atoms with Crippen molar-refractivity contribution in [2.45, 2.75) is 6.54 Å². The van der Waals surface area contributed by atoms with Gasteiger partial charge in [0.1, 0.15) is 5.15 Å². The molecule has 2 heterocycles. The van der Waals surface area contributed by atoms with Gasteiger partial charge >= 0.3 is 11.1 Å². The van der Waals surface area contributed by atoms with Crippen LogP contribution < -0.4 is 11.1 Å². The van der Waals surface area contributed by atoms with E-state index in [-0.39, 0.29) is 11.7 Å². The molecule has 0 spiro atoms. The maximum absolute atomic E-state index is 11.7. The number of rotatable bonds is 2. The first-order valence-corrected chi connectivity index (χ1v) is 5.81. The quantitative estimate of drug-likeness (QED) is 0.617. The highest BCUT2D eigenvalue weighted by Crippen LogP contribution is 2.17. The van der Waals surface area contributed by atoms with E-state index in [1.54, 1.807) is 12.1 Å². The third-order valence-electron chi connectivity index (χ3n) is 2.44. The van der Waals surface area contributed by atoms with Crippen molar-refractivity contribution >= 4 is 23.2 Å². The summed E-state index contributed by atoms with van der Waals surface area (Å²) in [6.07, 6.45) is 3.00. The number of pyridine rings is 1. The number of aryl methyl sites for hydroxylation is 1. The Morgan fingerprint density at radius 3 is 2.61 bits per heavy atom. The van der Waals surface area contributed by atoms with Crippen molar-refractivity contribution < 1.29 is 0 Å². The van der Waals surface area contributed by atoms with Crippen molar-refractivity contribution in [3.05, 3.63) is 61.1 Å². The highest BCUT2D eigenvalue weighted by atomic mass is 35.5. The Labute approximate surface area is 112 Å². The van der Waals surface area contributed by atoms with Crippen molar-refractivity contribution in [1.82, 2.24) is 14.1 Å². The summed E-state index contributed by atoms with van der Waals surface area (Å²) in [5, 5.41) is 0.679. The minimum absolute atomic E-state index is 0.105. The van der Waals surface area contributed by atoms with Crippen molar-refractivity contribution in [1.29, 1.82) is 0 Å². The molecule has 0 amide bonds. The molecule has 2 rings (SSSR count). The fourth-order valence-corrected chi connectivity index (χ4v) is 1.77. The molecule has 0 fully saturated rings. The van der Waals surface area contributed by atoms with Gasteiger partial charge < -0.3 is 9.13 Å². The van der Waals surface area contributed by atoms with E-state index < -0.39 is 11.1 Å². The minimum Gasteiger partial charge on any atom is -0.312 e. The van der Waals surface area contributed by atoms with E-state index in [2.05, 4.69) is 4.98 Å². The predicted octanol–water partition coefficient (Wildman–Crippen LogP) is 1.30. The number of halogens is 2. The molecule has 0 N–H and O–H groups in total. The van der Waals surface area contributed by atoms with E-state index in [0.717, 1.165) is 0 Å². The lowest BCUT2D eigenvalue weighted by atomic mass is 10.3. The van der Waals surface area contributed by atoms with E-state index in [4.69, 9.17) is 23.2 Å². The zero-order valence-electron chi connectivity index (χ0n) is 9.43. The van der Waals surface area contributed by atoms with Crippen molar-refractivity contribution in [2.75, 3.05) is 0 Å². The lowest BCUT2D eigenvalue weighted by molar-refractivity contribution is 0.684. The Balaban J connectivity index is 2.47.